The smallest absolute Gasteiger partial charge is 0.309 e. The second-order valence-electron chi connectivity index (χ2n) is 2.90. The number of carbonyl (C=O) groups is 1. The van der Waals surface area contributed by atoms with Gasteiger partial charge in [-0.15, -0.1) is 0 Å². The normalized spacial score (nSPS) is 9.67. The molecule has 1 rings (SSSR count). The van der Waals surface area contributed by atoms with Crippen LogP contribution in [0.5, 0.6) is 11.5 Å². The van der Waals surface area contributed by atoms with Gasteiger partial charge in [-0.3, -0.25) is 4.79 Å². The topological polar surface area (TPSA) is 55.8 Å². The summed E-state index contributed by atoms with van der Waals surface area (Å²) >= 11 is 0. The van der Waals surface area contributed by atoms with Crippen molar-refractivity contribution in [2.24, 2.45) is 0 Å². The number of esters is 1. The average molecular weight is 210 g/mol. The number of hydrogen-bond acceptors (Lipinski definition) is 4. The Morgan fingerprint density at radius 3 is 2.93 bits per heavy atom. The summed E-state index contributed by atoms with van der Waals surface area (Å²) in [5.74, 6) is 0.403. The van der Waals surface area contributed by atoms with Crippen LogP contribution in [-0.4, -0.2) is 24.3 Å². The highest BCUT2D eigenvalue weighted by molar-refractivity contribution is 5.69. The number of rotatable bonds is 5. The van der Waals surface area contributed by atoms with Crippen molar-refractivity contribution in [2.75, 3.05) is 13.2 Å². The highest BCUT2D eigenvalue weighted by Gasteiger charge is 2.02. The fourth-order valence-electron chi connectivity index (χ4n) is 1.06. The molecule has 0 unspecified atom stereocenters. The van der Waals surface area contributed by atoms with E-state index < -0.39 is 0 Å². The molecule has 0 saturated heterocycles. The van der Waals surface area contributed by atoms with E-state index in [-0.39, 0.29) is 24.7 Å². The van der Waals surface area contributed by atoms with Crippen LogP contribution in [0.1, 0.15) is 13.3 Å². The molecule has 0 aliphatic carbocycles. The van der Waals surface area contributed by atoms with Crippen molar-refractivity contribution in [2.45, 2.75) is 13.3 Å². The molecule has 0 spiro atoms. The zero-order valence-corrected chi connectivity index (χ0v) is 8.60. The molecule has 0 radical (unpaired) electrons. The summed E-state index contributed by atoms with van der Waals surface area (Å²) in [6.45, 7) is 2.39. The molecule has 4 heteroatoms. The van der Waals surface area contributed by atoms with E-state index in [1.807, 2.05) is 0 Å². The SMILES string of the molecule is CCOC(=O)CCOc1cccc(O)c1. The van der Waals surface area contributed by atoms with Gasteiger partial charge in [-0.1, -0.05) is 6.07 Å². The minimum atomic E-state index is -0.280. The summed E-state index contributed by atoms with van der Waals surface area (Å²) < 4.78 is 9.98. The van der Waals surface area contributed by atoms with Crippen LogP contribution in [-0.2, 0) is 9.53 Å². The monoisotopic (exact) mass is 210 g/mol. The quantitative estimate of drug-likeness (QED) is 0.752. The van der Waals surface area contributed by atoms with E-state index >= 15 is 0 Å². The van der Waals surface area contributed by atoms with Gasteiger partial charge in [0.15, 0.2) is 0 Å². The molecule has 0 atom stereocenters. The van der Waals surface area contributed by atoms with Gasteiger partial charge in [-0.25, -0.2) is 0 Å². The molecular formula is C11H14O4. The Kier molecular flexibility index (Phi) is 4.47. The molecule has 0 fully saturated rings. The molecule has 0 aliphatic rings. The van der Waals surface area contributed by atoms with E-state index in [0.717, 1.165) is 0 Å². The standard InChI is InChI=1S/C11H14O4/c1-2-14-11(13)6-7-15-10-5-3-4-9(12)8-10/h3-5,8,12H,2,6-7H2,1H3. The van der Waals surface area contributed by atoms with E-state index in [4.69, 9.17) is 14.6 Å². The number of phenols is 1. The number of phenolic OH excluding ortho intramolecular Hbond substituents is 1. The minimum Gasteiger partial charge on any atom is -0.508 e. The van der Waals surface area contributed by atoms with Crippen LogP contribution in [0.4, 0.5) is 0 Å². The second-order valence-corrected chi connectivity index (χ2v) is 2.90. The molecule has 0 aromatic heterocycles. The first kappa shape index (κ1) is 11.4. The Bertz CT molecular complexity index is 322. The zero-order chi connectivity index (χ0) is 11.1. The van der Waals surface area contributed by atoms with Crippen molar-refractivity contribution >= 4 is 5.97 Å². The van der Waals surface area contributed by atoms with E-state index in [0.29, 0.717) is 12.4 Å². The summed E-state index contributed by atoms with van der Waals surface area (Å²) in [7, 11) is 0. The van der Waals surface area contributed by atoms with Crippen molar-refractivity contribution < 1.29 is 19.4 Å². The molecule has 1 aromatic rings. The van der Waals surface area contributed by atoms with Gasteiger partial charge < -0.3 is 14.6 Å². The Hall–Kier alpha value is -1.71. The van der Waals surface area contributed by atoms with Crippen molar-refractivity contribution in [3.63, 3.8) is 0 Å². The molecule has 4 nitrogen and oxygen atoms in total. The highest BCUT2D eigenvalue weighted by Crippen LogP contribution is 2.17. The van der Waals surface area contributed by atoms with Gasteiger partial charge in [-0.2, -0.15) is 0 Å². The van der Waals surface area contributed by atoms with Crippen molar-refractivity contribution in [3.8, 4) is 11.5 Å². The maximum absolute atomic E-state index is 10.9. The molecule has 0 heterocycles. The molecule has 15 heavy (non-hydrogen) atoms. The summed E-state index contributed by atoms with van der Waals surface area (Å²) in [6.07, 6.45) is 0.212. The third-order valence-electron chi connectivity index (χ3n) is 1.70. The Morgan fingerprint density at radius 1 is 1.47 bits per heavy atom. The van der Waals surface area contributed by atoms with E-state index in [1.54, 1.807) is 25.1 Å². The van der Waals surface area contributed by atoms with Crippen LogP contribution in [0.3, 0.4) is 0 Å². The third-order valence-corrected chi connectivity index (χ3v) is 1.70. The number of hydrogen-bond donors (Lipinski definition) is 1. The Balaban J connectivity index is 2.28. The molecule has 0 aliphatic heterocycles. The molecule has 1 N–H and O–H groups in total. The van der Waals surface area contributed by atoms with Gasteiger partial charge in [0, 0.05) is 6.07 Å². The van der Waals surface area contributed by atoms with Crippen molar-refractivity contribution in [1.82, 2.24) is 0 Å². The maximum atomic E-state index is 10.9. The Morgan fingerprint density at radius 2 is 2.27 bits per heavy atom. The van der Waals surface area contributed by atoms with Crippen LogP contribution < -0.4 is 4.74 Å². The summed E-state index contributed by atoms with van der Waals surface area (Å²) in [5.41, 5.74) is 0. The highest BCUT2D eigenvalue weighted by atomic mass is 16.5. The fraction of sp³-hybridized carbons (Fsp3) is 0.364. The second kappa shape index (κ2) is 5.90. The zero-order valence-electron chi connectivity index (χ0n) is 8.60. The van der Waals surface area contributed by atoms with Crippen LogP contribution in [0.15, 0.2) is 24.3 Å². The number of aromatic hydroxyl groups is 1. The molecule has 82 valence electrons. The van der Waals surface area contributed by atoms with E-state index in [2.05, 4.69) is 0 Å². The maximum Gasteiger partial charge on any atom is 0.309 e. The van der Waals surface area contributed by atoms with Crippen molar-refractivity contribution in [3.05, 3.63) is 24.3 Å². The van der Waals surface area contributed by atoms with Gasteiger partial charge in [0.05, 0.1) is 19.6 Å². The summed E-state index contributed by atoms with van der Waals surface area (Å²) in [5, 5.41) is 9.13. The lowest BCUT2D eigenvalue weighted by atomic mass is 10.3. The fourth-order valence-corrected chi connectivity index (χ4v) is 1.06. The third kappa shape index (κ3) is 4.35. The first-order valence-corrected chi connectivity index (χ1v) is 4.80. The molecule has 0 saturated carbocycles. The van der Waals surface area contributed by atoms with Gasteiger partial charge >= 0.3 is 5.97 Å². The van der Waals surface area contributed by atoms with Crippen LogP contribution in [0.25, 0.3) is 0 Å². The summed E-state index contributed by atoms with van der Waals surface area (Å²) in [4.78, 5) is 10.9. The molecule has 0 bridgehead atoms. The van der Waals surface area contributed by atoms with Gasteiger partial charge in [0.2, 0.25) is 0 Å². The predicted octanol–water partition coefficient (Wildman–Crippen LogP) is 1.72. The minimum absolute atomic E-state index is 0.142. The molecule has 1 aromatic carbocycles. The summed E-state index contributed by atoms with van der Waals surface area (Å²) in [6, 6.07) is 6.43. The van der Waals surface area contributed by atoms with Gasteiger partial charge in [-0.05, 0) is 19.1 Å². The first-order chi connectivity index (χ1) is 7.22. The van der Waals surface area contributed by atoms with E-state index in [9.17, 15) is 4.79 Å². The first-order valence-electron chi connectivity index (χ1n) is 4.80. The van der Waals surface area contributed by atoms with Crippen LogP contribution in [0.2, 0.25) is 0 Å². The number of ether oxygens (including phenoxy) is 2. The van der Waals surface area contributed by atoms with E-state index in [1.165, 1.54) is 6.07 Å². The molecule has 0 amide bonds. The lowest BCUT2D eigenvalue weighted by Gasteiger charge is -2.05. The number of benzene rings is 1. The van der Waals surface area contributed by atoms with Crippen molar-refractivity contribution in [1.29, 1.82) is 0 Å². The Labute approximate surface area is 88.4 Å². The van der Waals surface area contributed by atoms with Gasteiger partial charge in [0.1, 0.15) is 11.5 Å². The van der Waals surface area contributed by atoms with Gasteiger partial charge in [0.25, 0.3) is 0 Å². The predicted molar refractivity (Wildman–Crippen MR) is 54.9 cm³/mol. The average Bonchev–Trinajstić information content (AvgIpc) is 2.18. The lowest BCUT2D eigenvalue weighted by Crippen LogP contribution is -2.09. The number of carbonyl (C=O) groups excluding carboxylic acids is 1. The molecular weight excluding hydrogens is 196 g/mol. The largest absolute Gasteiger partial charge is 0.508 e. The lowest BCUT2D eigenvalue weighted by molar-refractivity contribution is -0.143. The van der Waals surface area contributed by atoms with Crippen LogP contribution >= 0.6 is 0 Å². The van der Waals surface area contributed by atoms with Crippen LogP contribution in [0, 0.1) is 0 Å².